The summed E-state index contributed by atoms with van der Waals surface area (Å²) >= 11 is 0. The summed E-state index contributed by atoms with van der Waals surface area (Å²) in [7, 11) is 2.10. The van der Waals surface area contributed by atoms with E-state index in [0.717, 1.165) is 25.9 Å². The average molecular weight is 291 g/mol. The van der Waals surface area contributed by atoms with Gasteiger partial charge in [0.1, 0.15) is 0 Å². The minimum atomic E-state index is -0.382. The Labute approximate surface area is 128 Å². The minimum absolute atomic E-state index is 0.0330. The van der Waals surface area contributed by atoms with Gasteiger partial charge in [-0.15, -0.1) is 0 Å². The molecule has 1 aromatic carbocycles. The number of carbonyl (C=O) groups excluding carboxylic acids is 1. The Bertz CT molecular complexity index is 406. The molecule has 0 aromatic heterocycles. The Morgan fingerprint density at radius 2 is 1.95 bits per heavy atom. The molecule has 1 amide bonds. The lowest BCUT2D eigenvalue weighted by Gasteiger charge is -2.18. The summed E-state index contributed by atoms with van der Waals surface area (Å²) < 4.78 is 0. The molecule has 1 rings (SSSR count). The maximum absolute atomic E-state index is 11.8. The van der Waals surface area contributed by atoms with E-state index in [-0.39, 0.29) is 11.9 Å². The number of hydrogen-bond acceptors (Lipinski definition) is 3. The predicted octanol–water partition coefficient (Wildman–Crippen LogP) is 2.00. The zero-order valence-electron chi connectivity index (χ0n) is 13.5. The summed E-state index contributed by atoms with van der Waals surface area (Å²) in [5, 5.41) is 2.92. The molecule has 0 fully saturated rings. The quantitative estimate of drug-likeness (QED) is 0.684. The zero-order valence-corrected chi connectivity index (χ0v) is 13.5. The van der Waals surface area contributed by atoms with Crippen molar-refractivity contribution in [3.8, 4) is 0 Å². The summed E-state index contributed by atoms with van der Waals surface area (Å²) in [5.74, 6) is 0.414. The molecule has 0 saturated heterocycles. The monoisotopic (exact) mass is 291 g/mol. The highest BCUT2D eigenvalue weighted by molar-refractivity contribution is 5.81. The third kappa shape index (κ3) is 7.83. The van der Waals surface area contributed by atoms with Crippen LogP contribution in [0.15, 0.2) is 30.3 Å². The normalized spacial score (nSPS) is 12.7. The third-order valence-corrected chi connectivity index (χ3v) is 3.37. The van der Waals surface area contributed by atoms with Gasteiger partial charge in [-0.2, -0.15) is 0 Å². The lowest BCUT2D eigenvalue weighted by molar-refractivity contribution is -0.122. The number of carbonyl (C=O) groups is 1. The molecule has 0 aliphatic carbocycles. The van der Waals surface area contributed by atoms with Gasteiger partial charge < -0.3 is 16.0 Å². The summed E-state index contributed by atoms with van der Waals surface area (Å²) in [6, 6.07) is 10.0. The second-order valence-electron chi connectivity index (χ2n) is 6.10. The van der Waals surface area contributed by atoms with Gasteiger partial charge in [0.15, 0.2) is 0 Å². The summed E-state index contributed by atoms with van der Waals surface area (Å²) in [5.41, 5.74) is 7.15. The van der Waals surface area contributed by atoms with Crippen LogP contribution in [0, 0.1) is 5.92 Å². The van der Waals surface area contributed by atoms with Crippen molar-refractivity contribution >= 4 is 5.91 Å². The molecule has 4 heteroatoms. The molecule has 21 heavy (non-hydrogen) atoms. The first-order chi connectivity index (χ1) is 9.99. The molecule has 3 N–H and O–H groups in total. The maximum Gasteiger partial charge on any atom is 0.236 e. The molecular weight excluding hydrogens is 262 g/mol. The summed E-state index contributed by atoms with van der Waals surface area (Å²) in [6.07, 6.45) is 1.67. The molecule has 0 heterocycles. The van der Waals surface area contributed by atoms with Crippen molar-refractivity contribution in [1.29, 1.82) is 0 Å². The average Bonchev–Trinajstić information content (AvgIpc) is 2.43. The van der Waals surface area contributed by atoms with Crippen LogP contribution in [0.2, 0.25) is 0 Å². The molecule has 0 saturated carbocycles. The van der Waals surface area contributed by atoms with Crippen LogP contribution in [0.3, 0.4) is 0 Å². The van der Waals surface area contributed by atoms with Gasteiger partial charge in [-0.1, -0.05) is 44.2 Å². The van der Waals surface area contributed by atoms with E-state index in [1.807, 2.05) is 6.07 Å². The Morgan fingerprint density at radius 1 is 1.29 bits per heavy atom. The van der Waals surface area contributed by atoms with Crippen molar-refractivity contribution in [2.45, 2.75) is 39.3 Å². The smallest absolute Gasteiger partial charge is 0.236 e. The van der Waals surface area contributed by atoms with E-state index >= 15 is 0 Å². The van der Waals surface area contributed by atoms with Crippen LogP contribution in [0.4, 0.5) is 0 Å². The van der Waals surface area contributed by atoms with Gasteiger partial charge >= 0.3 is 0 Å². The molecule has 4 nitrogen and oxygen atoms in total. The van der Waals surface area contributed by atoms with Gasteiger partial charge in [0.25, 0.3) is 0 Å². The first kappa shape index (κ1) is 17.7. The Balaban J connectivity index is 2.14. The standard InChI is InChI=1S/C17H29N3O/c1-14(2)12-16(18)17(21)19-10-7-11-20(3)13-15-8-5-4-6-9-15/h4-6,8-9,14,16H,7,10-13,18H2,1-3H3,(H,19,21)/t16-/m0/s1. The highest BCUT2D eigenvalue weighted by atomic mass is 16.2. The Kier molecular flexibility index (Phi) is 8.01. The van der Waals surface area contributed by atoms with Crippen LogP contribution in [-0.2, 0) is 11.3 Å². The van der Waals surface area contributed by atoms with Gasteiger partial charge in [-0.25, -0.2) is 0 Å². The molecule has 118 valence electrons. The first-order valence-corrected chi connectivity index (χ1v) is 7.74. The molecule has 1 aromatic rings. The number of hydrogen-bond donors (Lipinski definition) is 2. The van der Waals surface area contributed by atoms with Crippen LogP contribution in [0.5, 0.6) is 0 Å². The fourth-order valence-electron chi connectivity index (χ4n) is 2.28. The summed E-state index contributed by atoms with van der Waals surface area (Å²) in [4.78, 5) is 14.0. The lowest BCUT2D eigenvalue weighted by Crippen LogP contribution is -2.42. The molecular formula is C17H29N3O. The number of nitrogens with two attached hydrogens (primary N) is 1. The van der Waals surface area contributed by atoms with Crippen molar-refractivity contribution < 1.29 is 4.79 Å². The fourth-order valence-corrected chi connectivity index (χ4v) is 2.28. The van der Waals surface area contributed by atoms with E-state index in [1.54, 1.807) is 0 Å². The van der Waals surface area contributed by atoms with Crippen molar-refractivity contribution in [3.05, 3.63) is 35.9 Å². The number of nitrogens with one attached hydrogen (secondary N) is 1. The summed E-state index contributed by atoms with van der Waals surface area (Å²) in [6.45, 7) is 6.72. The van der Waals surface area contributed by atoms with Gasteiger partial charge in [0.2, 0.25) is 5.91 Å². The van der Waals surface area contributed by atoms with Gasteiger partial charge in [-0.05, 0) is 37.9 Å². The minimum Gasteiger partial charge on any atom is -0.355 e. The SMILES string of the molecule is CC(C)C[C@H](N)C(=O)NCCCN(C)Cc1ccccc1. The van der Waals surface area contributed by atoms with Crippen LogP contribution >= 0.6 is 0 Å². The van der Waals surface area contributed by atoms with Crippen LogP contribution < -0.4 is 11.1 Å². The van der Waals surface area contributed by atoms with E-state index in [0.29, 0.717) is 12.5 Å². The molecule has 0 unspecified atom stereocenters. The topological polar surface area (TPSA) is 58.4 Å². The Hall–Kier alpha value is -1.39. The van der Waals surface area contributed by atoms with Crippen molar-refractivity contribution in [1.82, 2.24) is 10.2 Å². The second kappa shape index (κ2) is 9.53. The van der Waals surface area contributed by atoms with Gasteiger partial charge in [0, 0.05) is 13.1 Å². The molecule has 0 bridgehead atoms. The molecule has 0 radical (unpaired) electrons. The number of rotatable bonds is 9. The molecule has 0 aliphatic rings. The second-order valence-corrected chi connectivity index (χ2v) is 6.10. The highest BCUT2D eigenvalue weighted by Gasteiger charge is 2.13. The fraction of sp³-hybridized carbons (Fsp3) is 0.588. The predicted molar refractivity (Wildman–Crippen MR) is 87.8 cm³/mol. The number of nitrogens with zero attached hydrogens (tertiary/aromatic N) is 1. The largest absolute Gasteiger partial charge is 0.355 e. The number of amides is 1. The lowest BCUT2D eigenvalue weighted by atomic mass is 10.0. The van der Waals surface area contributed by atoms with E-state index < -0.39 is 0 Å². The van der Waals surface area contributed by atoms with E-state index in [2.05, 4.69) is 55.4 Å². The van der Waals surface area contributed by atoms with Gasteiger partial charge in [-0.3, -0.25) is 4.79 Å². The van der Waals surface area contributed by atoms with Crippen LogP contribution in [0.25, 0.3) is 0 Å². The zero-order chi connectivity index (χ0) is 15.7. The maximum atomic E-state index is 11.8. The van der Waals surface area contributed by atoms with Crippen molar-refractivity contribution in [2.24, 2.45) is 11.7 Å². The molecule has 0 aliphatic heterocycles. The Morgan fingerprint density at radius 3 is 2.57 bits per heavy atom. The van der Waals surface area contributed by atoms with Gasteiger partial charge in [0.05, 0.1) is 6.04 Å². The van der Waals surface area contributed by atoms with Crippen molar-refractivity contribution in [2.75, 3.05) is 20.1 Å². The highest BCUT2D eigenvalue weighted by Crippen LogP contribution is 2.03. The molecule has 0 spiro atoms. The number of benzene rings is 1. The van der Waals surface area contributed by atoms with Crippen LogP contribution in [0.1, 0.15) is 32.3 Å². The van der Waals surface area contributed by atoms with E-state index in [1.165, 1.54) is 5.56 Å². The van der Waals surface area contributed by atoms with Crippen molar-refractivity contribution in [3.63, 3.8) is 0 Å². The molecule has 1 atom stereocenters. The van der Waals surface area contributed by atoms with E-state index in [4.69, 9.17) is 5.73 Å². The first-order valence-electron chi connectivity index (χ1n) is 7.74. The van der Waals surface area contributed by atoms with Crippen LogP contribution in [-0.4, -0.2) is 37.0 Å². The third-order valence-electron chi connectivity index (χ3n) is 3.37. The van der Waals surface area contributed by atoms with E-state index in [9.17, 15) is 4.79 Å².